The molecule has 0 saturated heterocycles. The minimum Gasteiger partial charge on any atom is -0.495 e. The van der Waals surface area contributed by atoms with Crippen molar-refractivity contribution < 1.29 is 9.53 Å². The number of nitrogens with two attached hydrogens (primary N) is 1. The Labute approximate surface area is 124 Å². The summed E-state index contributed by atoms with van der Waals surface area (Å²) < 4.78 is 5.21. The Morgan fingerprint density at radius 2 is 2.20 bits per heavy atom. The number of hydrogen-bond acceptors (Lipinski definition) is 3. The van der Waals surface area contributed by atoms with Gasteiger partial charge in [-0.1, -0.05) is 24.4 Å². The van der Waals surface area contributed by atoms with Gasteiger partial charge in [-0.25, -0.2) is 0 Å². The fourth-order valence-electron chi connectivity index (χ4n) is 2.71. The van der Waals surface area contributed by atoms with Crippen LogP contribution in [0.25, 0.3) is 0 Å². The molecule has 3 N–H and O–H groups in total. The summed E-state index contributed by atoms with van der Waals surface area (Å²) in [6, 6.07) is 5.30. The van der Waals surface area contributed by atoms with Crippen molar-refractivity contribution >= 4 is 23.2 Å². The molecule has 20 heavy (non-hydrogen) atoms. The van der Waals surface area contributed by atoms with Crippen LogP contribution in [0, 0.1) is 5.92 Å². The van der Waals surface area contributed by atoms with Gasteiger partial charge < -0.3 is 15.8 Å². The first-order valence-corrected chi connectivity index (χ1v) is 7.37. The third-order valence-corrected chi connectivity index (χ3v) is 4.09. The first-order chi connectivity index (χ1) is 9.60. The van der Waals surface area contributed by atoms with Crippen LogP contribution in [0.4, 0.5) is 5.69 Å². The molecule has 2 unspecified atom stereocenters. The molecule has 1 aromatic carbocycles. The number of carbonyl (C=O) groups is 1. The van der Waals surface area contributed by atoms with Crippen LogP contribution >= 0.6 is 11.6 Å². The van der Waals surface area contributed by atoms with Gasteiger partial charge >= 0.3 is 0 Å². The van der Waals surface area contributed by atoms with Crippen LogP contribution in [0.2, 0.25) is 5.02 Å². The van der Waals surface area contributed by atoms with Crippen LogP contribution in [0.15, 0.2) is 18.2 Å². The molecule has 0 spiro atoms. The fraction of sp³-hybridized carbons (Fsp3) is 0.533. The SMILES string of the molecule is COc1ccc(Cl)cc1NC(=O)CC1CCCCC1N. The summed E-state index contributed by atoms with van der Waals surface area (Å²) in [7, 11) is 1.57. The lowest BCUT2D eigenvalue weighted by Gasteiger charge is -2.28. The zero-order valence-electron chi connectivity index (χ0n) is 11.7. The van der Waals surface area contributed by atoms with E-state index in [1.165, 1.54) is 6.42 Å². The molecule has 2 rings (SSSR count). The number of methoxy groups -OCH3 is 1. The Kier molecular flexibility index (Phi) is 5.26. The first-order valence-electron chi connectivity index (χ1n) is 6.99. The maximum atomic E-state index is 12.1. The van der Waals surface area contributed by atoms with E-state index in [0.29, 0.717) is 22.9 Å². The molecule has 4 nitrogen and oxygen atoms in total. The van der Waals surface area contributed by atoms with Crippen LogP contribution in [0.5, 0.6) is 5.75 Å². The molecule has 110 valence electrons. The Morgan fingerprint density at radius 3 is 2.90 bits per heavy atom. The van der Waals surface area contributed by atoms with Crippen molar-refractivity contribution in [3.05, 3.63) is 23.2 Å². The molecule has 5 heteroatoms. The predicted molar refractivity (Wildman–Crippen MR) is 81.2 cm³/mol. The van der Waals surface area contributed by atoms with Crippen LogP contribution < -0.4 is 15.8 Å². The van der Waals surface area contributed by atoms with Gasteiger partial charge in [0, 0.05) is 17.5 Å². The second-order valence-corrected chi connectivity index (χ2v) is 5.74. The van der Waals surface area contributed by atoms with E-state index in [4.69, 9.17) is 22.1 Å². The number of hydrogen-bond donors (Lipinski definition) is 2. The summed E-state index contributed by atoms with van der Waals surface area (Å²) in [4.78, 5) is 12.1. The number of ether oxygens (including phenoxy) is 1. The second-order valence-electron chi connectivity index (χ2n) is 5.31. The van der Waals surface area contributed by atoms with Crippen molar-refractivity contribution in [2.75, 3.05) is 12.4 Å². The van der Waals surface area contributed by atoms with Crippen molar-refractivity contribution in [1.82, 2.24) is 0 Å². The van der Waals surface area contributed by atoms with E-state index >= 15 is 0 Å². The smallest absolute Gasteiger partial charge is 0.224 e. The topological polar surface area (TPSA) is 64.3 Å². The number of benzene rings is 1. The molecule has 1 amide bonds. The second kappa shape index (κ2) is 6.95. The summed E-state index contributed by atoms with van der Waals surface area (Å²) in [5.41, 5.74) is 6.68. The Morgan fingerprint density at radius 1 is 1.45 bits per heavy atom. The number of carbonyl (C=O) groups excluding carboxylic acids is 1. The van der Waals surface area contributed by atoms with Crippen molar-refractivity contribution in [2.24, 2.45) is 11.7 Å². The lowest BCUT2D eigenvalue weighted by Crippen LogP contribution is -2.35. The summed E-state index contributed by atoms with van der Waals surface area (Å²) in [6.07, 6.45) is 4.82. The molecule has 0 heterocycles. The minimum atomic E-state index is -0.0343. The molecule has 0 bridgehead atoms. The van der Waals surface area contributed by atoms with Crippen molar-refractivity contribution in [2.45, 2.75) is 38.1 Å². The normalized spacial score (nSPS) is 22.4. The highest BCUT2D eigenvalue weighted by molar-refractivity contribution is 6.31. The number of halogens is 1. The zero-order valence-corrected chi connectivity index (χ0v) is 12.5. The lowest BCUT2D eigenvalue weighted by atomic mass is 9.83. The van der Waals surface area contributed by atoms with E-state index in [0.717, 1.165) is 19.3 Å². The Hall–Kier alpha value is -1.26. The van der Waals surface area contributed by atoms with E-state index in [-0.39, 0.29) is 17.9 Å². The van der Waals surface area contributed by atoms with E-state index in [9.17, 15) is 4.79 Å². The fourth-order valence-corrected chi connectivity index (χ4v) is 2.88. The third kappa shape index (κ3) is 3.87. The van der Waals surface area contributed by atoms with Gasteiger partial charge in [-0.15, -0.1) is 0 Å². The maximum Gasteiger partial charge on any atom is 0.224 e. The van der Waals surface area contributed by atoms with Gasteiger partial charge in [0.05, 0.1) is 12.8 Å². The molecule has 1 saturated carbocycles. The number of amides is 1. The summed E-state index contributed by atoms with van der Waals surface area (Å²) >= 11 is 5.95. The molecule has 2 atom stereocenters. The van der Waals surface area contributed by atoms with Gasteiger partial charge in [-0.3, -0.25) is 4.79 Å². The van der Waals surface area contributed by atoms with Gasteiger partial charge in [0.15, 0.2) is 0 Å². The predicted octanol–water partition coefficient (Wildman–Crippen LogP) is 3.19. The van der Waals surface area contributed by atoms with E-state index < -0.39 is 0 Å². The van der Waals surface area contributed by atoms with Crippen LogP contribution in [0.3, 0.4) is 0 Å². The molecule has 0 radical (unpaired) electrons. The van der Waals surface area contributed by atoms with Gasteiger partial charge in [-0.05, 0) is 37.0 Å². The van der Waals surface area contributed by atoms with E-state index in [2.05, 4.69) is 5.32 Å². The largest absolute Gasteiger partial charge is 0.495 e. The molecule has 1 aliphatic carbocycles. The van der Waals surface area contributed by atoms with Crippen LogP contribution in [0.1, 0.15) is 32.1 Å². The highest BCUT2D eigenvalue weighted by Crippen LogP contribution is 2.29. The quantitative estimate of drug-likeness (QED) is 0.897. The molecule has 0 aromatic heterocycles. The lowest BCUT2D eigenvalue weighted by molar-refractivity contribution is -0.117. The van der Waals surface area contributed by atoms with Crippen molar-refractivity contribution in [1.29, 1.82) is 0 Å². The van der Waals surface area contributed by atoms with Crippen LogP contribution in [-0.2, 0) is 4.79 Å². The van der Waals surface area contributed by atoms with Crippen molar-refractivity contribution in [3.63, 3.8) is 0 Å². The summed E-state index contributed by atoms with van der Waals surface area (Å²) in [6.45, 7) is 0. The zero-order chi connectivity index (χ0) is 14.5. The number of nitrogens with one attached hydrogen (secondary N) is 1. The highest BCUT2D eigenvalue weighted by atomic mass is 35.5. The van der Waals surface area contributed by atoms with Gasteiger partial charge in [-0.2, -0.15) is 0 Å². The van der Waals surface area contributed by atoms with Crippen LogP contribution in [-0.4, -0.2) is 19.1 Å². The summed E-state index contributed by atoms with van der Waals surface area (Å²) in [5.74, 6) is 0.845. The average Bonchev–Trinajstić information content (AvgIpc) is 2.41. The monoisotopic (exact) mass is 296 g/mol. The van der Waals surface area contributed by atoms with Gasteiger partial charge in [0.1, 0.15) is 5.75 Å². The molecule has 1 aromatic rings. The van der Waals surface area contributed by atoms with E-state index in [1.807, 2.05) is 0 Å². The maximum absolute atomic E-state index is 12.1. The Bertz CT molecular complexity index is 479. The third-order valence-electron chi connectivity index (χ3n) is 3.85. The molecular weight excluding hydrogens is 276 g/mol. The Balaban J connectivity index is 1.99. The number of anilines is 1. The van der Waals surface area contributed by atoms with Crippen molar-refractivity contribution in [3.8, 4) is 5.75 Å². The first kappa shape index (κ1) is 15.1. The molecule has 0 aliphatic heterocycles. The van der Waals surface area contributed by atoms with E-state index in [1.54, 1.807) is 25.3 Å². The van der Waals surface area contributed by atoms with Gasteiger partial charge in [0.25, 0.3) is 0 Å². The average molecular weight is 297 g/mol. The molecule has 1 fully saturated rings. The molecule has 1 aliphatic rings. The summed E-state index contributed by atoms with van der Waals surface area (Å²) in [5, 5.41) is 3.43. The standard InChI is InChI=1S/C15H21ClN2O2/c1-20-14-7-6-11(16)9-13(14)18-15(19)8-10-4-2-3-5-12(10)17/h6-7,9-10,12H,2-5,8,17H2,1H3,(H,18,19). The number of rotatable bonds is 4. The van der Waals surface area contributed by atoms with Gasteiger partial charge in [0.2, 0.25) is 5.91 Å². The highest BCUT2D eigenvalue weighted by Gasteiger charge is 2.24. The molecular formula is C15H21ClN2O2. The minimum absolute atomic E-state index is 0.0343.